The fraction of sp³-hybridized carbons (Fsp3) is 0.357. The second kappa shape index (κ2) is 5.51. The molecule has 0 amide bonds. The Morgan fingerprint density at radius 2 is 2.28 bits per heavy atom. The first-order chi connectivity index (χ1) is 8.83. The van der Waals surface area contributed by atoms with Crippen LogP contribution < -0.4 is 5.32 Å². The van der Waals surface area contributed by atoms with Gasteiger partial charge in [-0.15, -0.1) is 11.3 Å². The molecule has 0 aliphatic carbocycles. The average Bonchev–Trinajstić information content (AvgIpc) is 3.02. The summed E-state index contributed by atoms with van der Waals surface area (Å²) in [6.45, 7) is 2.30. The van der Waals surface area contributed by atoms with Gasteiger partial charge in [-0.1, -0.05) is 34.1 Å². The van der Waals surface area contributed by atoms with Gasteiger partial charge in [0.05, 0.1) is 10.7 Å². The van der Waals surface area contributed by atoms with E-state index in [1.807, 2.05) is 6.07 Å². The third-order valence-electron chi connectivity index (χ3n) is 3.33. The number of nitrogens with one attached hydrogen (secondary N) is 1. The molecule has 1 aliphatic heterocycles. The molecule has 18 heavy (non-hydrogen) atoms. The van der Waals surface area contributed by atoms with E-state index in [2.05, 4.69) is 44.8 Å². The second-order valence-electron chi connectivity index (χ2n) is 4.67. The van der Waals surface area contributed by atoms with Crippen molar-refractivity contribution in [2.45, 2.75) is 12.8 Å². The van der Waals surface area contributed by atoms with E-state index in [0.717, 1.165) is 35.6 Å². The maximum Gasteiger partial charge on any atom is 0.0935 e. The van der Waals surface area contributed by atoms with Crippen LogP contribution in [0.1, 0.15) is 11.4 Å². The Hall–Kier alpha value is -0.710. The predicted octanol–water partition coefficient (Wildman–Crippen LogP) is 3.72. The van der Waals surface area contributed by atoms with Crippen molar-refractivity contribution in [2.75, 3.05) is 13.1 Å². The lowest BCUT2D eigenvalue weighted by atomic mass is 10.1. The van der Waals surface area contributed by atoms with Crippen molar-refractivity contribution in [1.82, 2.24) is 10.3 Å². The largest absolute Gasteiger partial charge is 0.316 e. The highest BCUT2D eigenvalue weighted by molar-refractivity contribution is 9.10. The molecular weight excluding hydrogens is 308 g/mol. The molecule has 1 aromatic carbocycles. The summed E-state index contributed by atoms with van der Waals surface area (Å²) in [6.07, 6.45) is 2.39. The monoisotopic (exact) mass is 322 g/mol. The van der Waals surface area contributed by atoms with Crippen molar-refractivity contribution in [2.24, 2.45) is 5.92 Å². The number of hydrogen-bond donors (Lipinski definition) is 1. The third kappa shape index (κ3) is 2.66. The molecule has 1 aromatic heterocycles. The van der Waals surface area contributed by atoms with E-state index in [1.165, 1.54) is 17.0 Å². The van der Waals surface area contributed by atoms with E-state index in [1.54, 1.807) is 11.3 Å². The van der Waals surface area contributed by atoms with Crippen molar-refractivity contribution >= 4 is 27.3 Å². The summed E-state index contributed by atoms with van der Waals surface area (Å²) in [4.78, 5) is 4.77. The Kier molecular flexibility index (Phi) is 3.77. The Balaban J connectivity index is 1.79. The molecule has 3 rings (SSSR count). The van der Waals surface area contributed by atoms with Gasteiger partial charge < -0.3 is 5.32 Å². The number of hydrogen-bond acceptors (Lipinski definition) is 3. The zero-order chi connectivity index (χ0) is 12.4. The van der Waals surface area contributed by atoms with Gasteiger partial charge in [0.15, 0.2) is 0 Å². The fourth-order valence-electron chi connectivity index (χ4n) is 2.33. The summed E-state index contributed by atoms with van der Waals surface area (Å²) >= 11 is 5.37. The lowest BCUT2D eigenvalue weighted by Crippen LogP contribution is -2.10. The summed E-state index contributed by atoms with van der Waals surface area (Å²) in [5, 5.41) is 6.83. The van der Waals surface area contributed by atoms with Gasteiger partial charge in [-0.05, 0) is 31.5 Å². The molecule has 1 saturated heterocycles. The Morgan fingerprint density at radius 1 is 1.39 bits per heavy atom. The Labute approximate surface area is 120 Å². The van der Waals surface area contributed by atoms with Gasteiger partial charge in [0.2, 0.25) is 0 Å². The van der Waals surface area contributed by atoms with Gasteiger partial charge >= 0.3 is 0 Å². The molecule has 2 nitrogen and oxygen atoms in total. The molecule has 1 N–H and O–H groups in total. The number of nitrogens with zero attached hydrogens (tertiary/aromatic N) is 1. The van der Waals surface area contributed by atoms with Crippen LogP contribution in [0.15, 0.2) is 34.1 Å². The second-order valence-corrected chi connectivity index (χ2v) is 6.47. The molecule has 2 aromatic rings. The highest BCUT2D eigenvalue weighted by Crippen LogP contribution is 2.29. The van der Waals surface area contributed by atoms with E-state index >= 15 is 0 Å². The smallest absolute Gasteiger partial charge is 0.0935 e. The van der Waals surface area contributed by atoms with Gasteiger partial charge in [-0.3, -0.25) is 0 Å². The maximum absolute atomic E-state index is 4.77. The van der Waals surface area contributed by atoms with Crippen LogP contribution in [0.4, 0.5) is 0 Å². The molecular formula is C14H15BrN2S. The lowest BCUT2D eigenvalue weighted by molar-refractivity contribution is 0.578. The van der Waals surface area contributed by atoms with Crippen molar-refractivity contribution in [3.63, 3.8) is 0 Å². The van der Waals surface area contributed by atoms with E-state index in [4.69, 9.17) is 4.98 Å². The van der Waals surface area contributed by atoms with Gasteiger partial charge in [0, 0.05) is 21.8 Å². The van der Waals surface area contributed by atoms with Crippen LogP contribution in [0.5, 0.6) is 0 Å². The summed E-state index contributed by atoms with van der Waals surface area (Å²) in [6, 6.07) is 8.26. The number of benzene rings is 1. The summed E-state index contributed by atoms with van der Waals surface area (Å²) in [7, 11) is 0. The minimum atomic E-state index is 0.767. The molecule has 0 bridgehead atoms. The first-order valence-electron chi connectivity index (χ1n) is 6.23. The molecule has 2 heterocycles. The first kappa shape index (κ1) is 12.3. The van der Waals surface area contributed by atoms with Crippen LogP contribution in [0, 0.1) is 5.92 Å². The van der Waals surface area contributed by atoms with Crippen LogP contribution in [0.25, 0.3) is 11.3 Å². The van der Waals surface area contributed by atoms with Crippen LogP contribution in [0.2, 0.25) is 0 Å². The van der Waals surface area contributed by atoms with Gasteiger partial charge in [-0.25, -0.2) is 4.98 Å². The van der Waals surface area contributed by atoms with E-state index < -0.39 is 0 Å². The zero-order valence-corrected chi connectivity index (χ0v) is 12.4. The predicted molar refractivity (Wildman–Crippen MR) is 79.9 cm³/mol. The van der Waals surface area contributed by atoms with E-state index in [-0.39, 0.29) is 0 Å². The molecule has 0 saturated carbocycles. The van der Waals surface area contributed by atoms with Crippen LogP contribution in [0.3, 0.4) is 0 Å². The van der Waals surface area contributed by atoms with Crippen LogP contribution in [-0.2, 0) is 6.42 Å². The quantitative estimate of drug-likeness (QED) is 0.931. The molecule has 4 heteroatoms. The fourth-order valence-corrected chi connectivity index (χ4v) is 3.73. The number of rotatable bonds is 3. The van der Waals surface area contributed by atoms with Crippen molar-refractivity contribution in [3.05, 3.63) is 39.1 Å². The number of halogens is 1. The van der Waals surface area contributed by atoms with Crippen LogP contribution in [-0.4, -0.2) is 18.1 Å². The highest BCUT2D eigenvalue weighted by atomic mass is 79.9. The van der Waals surface area contributed by atoms with Crippen molar-refractivity contribution < 1.29 is 0 Å². The molecule has 1 aliphatic rings. The number of thiazole rings is 1. The summed E-state index contributed by atoms with van der Waals surface area (Å²) < 4.78 is 1.12. The highest BCUT2D eigenvalue weighted by Gasteiger charge is 2.17. The molecule has 1 atom stereocenters. The van der Waals surface area contributed by atoms with Crippen LogP contribution >= 0.6 is 27.3 Å². The van der Waals surface area contributed by atoms with Crippen molar-refractivity contribution in [1.29, 1.82) is 0 Å². The standard InChI is InChI=1S/C14H15BrN2S/c15-12-4-2-1-3-11(12)13-9-18-14(17-13)7-10-5-6-16-8-10/h1-4,9-10,16H,5-8H2. The van der Waals surface area contributed by atoms with Gasteiger partial charge in [0.1, 0.15) is 0 Å². The van der Waals surface area contributed by atoms with E-state index in [9.17, 15) is 0 Å². The topological polar surface area (TPSA) is 24.9 Å². The average molecular weight is 323 g/mol. The molecule has 1 unspecified atom stereocenters. The normalized spacial score (nSPS) is 19.3. The Bertz CT molecular complexity index is 532. The minimum Gasteiger partial charge on any atom is -0.316 e. The van der Waals surface area contributed by atoms with Gasteiger partial charge in [0.25, 0.3) is 0 Å². The third-order valence-corrected chi connectivity index (χ3v) is 4.89. The van der Waals surface area contributed by atoms with Gasteiger partial charge in [-0.2, -0.15) is 0 Å². The van der Waals surface area contributed by atoms with Crippen molar-refractivity contribution in [3.8, 4) is 11.3 Å². The summed E-state index contributed by atoms with van der Waals surface area (Å²) in [5.74, 6) is 0.767. The number of aromatic nitrogens is 1. The minimum absolute atomic E-state index is 0.767. The van der Waals surface area contributed by atoms with E-state index in [0.29, 0.717) is 0 Å². The Morgan fingerprint density at radius 3 is 3.06 bits per heavy atom. The SMILES string of the molecule is Brc1ccccc1-c1csc(CC2CCNC2)n1. The summed E-state index contributed by atoms with van der Waals surface area (Å²) in [5.41, 5.74) is 2.28. The first-order valence-corrected chi connectivity index (χ1v) is 7.90. The molecule has 94 valence electrons. The molecule has 0 radical (unpaired) electrons. The maximum atomic E-state index is 4.77. The molecule has 0 spiro atoms. The molecule has 1 fully saturated rings. The lowest BCUT2D eigenvalue weighted by Gasteiger charge is -2.04. The zero-order valence-electron chi connectivity index (χ0n) is 10.0.